The van der Waals surface area contributed by atoms with E-state index in [1.54, 1.807) is 6.92 Å². The number of hydrogen-bond acceptors (Lipinski definition) is 6. The van der Waals surface area contributed by atoms with Crippen molar-refractivity contribution < 1.29 is 14.3 Å². The van der Waals surface area contributed by atoms with Crippen LogP contribution in [0.25, 0.3) is 0 Å². The van der Waals surface area contributed by atoms with Crippen molar-refractivity contribution in [1.82, 2.24) is 9.97 Å². The molecule has 0 radical (unpaired) electrons. The highest BCUT2D eigenvalue weighted by molar-refractivity contribution is 5.85. The van der Waals surface area contributed by atoms with Gasteiger partial charge in [-0.15, -0.1) is 4.91 Å². The molecule has 1 saturated carbocycles. The minimum absolute atomic E-state index is 0.249. The maximum Gasteiger partial charge on any atom is 0.316 e. The Hall–Kier alpha value is -2.83. The van der Waals surface area contributed by atoms with Gasteiger partial charge in [0.25, 0.3) is 5.91 Å². The number of amides is 1. The van der Waals surface area contributed by atoms with Gasteiger partial charge in [0.2, 0.25) is 0 Å². The molecule has 0 aliphatic heterocycles. The van der Waals surface area contributed by atoms with Gasteiger partial charge < -0.3 is 9.47 Å². The second-order valence-electron chi connectivity index (χ2n) is 5.80. The lowest BCUT2D eigenvalue weighted by molar-refractivity contribution is -0.119. The molecular weight excluding hydrogens is 310 g/mol. The van der Waals surface area contributed by atoms with E-state index in [9.17, 15) is 9.70 Å². The molecule has 0 bridgehead atoms. The Morgan fingerprint density at radius 1 is 1.38 bits per heavy atom. The van der Waals surface area contributed by atoms with Crippen molar-refractivity contribution in [2.24, 2.45) is 11.1 Å². The van der Waals surface area contributed by atoms with Gasteiger partial charge in [-0.1, -0.05) is 30.3 Å². The number of carbonyl (C=O) groups is 1. The molecule has 1 fully saturated rings. The molecule has 0 N–H and O–H groups in total. The first kappa shape index (κ1) is 16.0. The molecule has 1 aromatic carbocycles. The van der Waals surface area contributed by atoms with E-state index >= 15 is 0 Å². The summed E-state index contributed by atoms with van der Waals surface area (Å²) in [7, 11) is 1.49. The lowest BCUT2D eigenvalue weighted by atomic mass is 9.94. The number of methoxy groups -OCH3 is 1. The van der Waals surface area contributed by atoms with E-state index in [1.807, 2.05) is 30.3 Å². The zero-order valence-electron chi connectivity index (χ0n) is 13.4. The van der Waals surface area contributed by atoms with Crippen LogP contribution in [0.2, 0.25) is 0 Å². The molecule has 0 spiro atoms. The molecule has 1 aliphatic carbocycles. The molecule has 1 amide bonds. The zero-order chi connectivity index (χ0) is 17.2. The maximum atomic E-state index is 11.7. The Morgan fingerprint density at radius 3 is 2.75 bits per heavy atom. The third kappa shape index (κ3) is 2.84. The summed E-state index contributed by atoms with van der Waals surface area (Å²) in [5.41, 5.74) is 1.07. The van der Waals surface area contributed by atoms with E-state index < -0.39 is 17.2 Å². The van der Waals surface area contributed by atoms with Crippen LogP contribution in [0.3, 0.4) is 0 Å². The van der Waals surface area contributed by atoms with Gasteiger partial charge in [-0.2, -0.15) is 9.97 Å². The smallest absolute Gasteiger partial charge is 0.316 e. The summed E-state index contributed by atoms with van der Waals surface area (Å²) in [5, 5.41) is 2.58. The van der Waals surface area contributed by atoms with Crippen LogP contribution in [-0.2, 0) is 10.2 Å². The molecule has 0 saturated heterocycles. The van der Waals surface area contributed by atoms with Crippen LogP contribution in [0.1, 0.15) is 17.7 Å². The molecule has 124 valence electrons. The number of aryl methyl sites for hydroxylation is 1. The van der Waals surface area contributed by atoms with Gasteiger partial charge in [0.1, 0.15) is 0 Å². The molecule has 7 heteroatoms. The van der Waals surface area contributed by atoms with Crippen LogP contribution in [0.15, 0.2) is 41.7 Å². The Kier molecular flexibility index (Phi) is 4.24. The maximum absolute atomic E-state index is 11.7. The average Bonchev–Trinajstić information content (AvgIpc) is 3.36. The van der Waals surface area contributed by atoms with Crippen molar-refractivity contribution in [1.29, 1.82) is 0 Å². The molecule has 2 aromatic rings. The number of nitrogens with zero attached hydrogens (tertiary/aromatic N) is 3. The molecule has 0 unspecified atom stereocenters. The van der Waals surface area contributed by atoms with E-state index in [-0.39, 0.29) is 12.6 Å². The van der Waals surface area contributed by atoms with Gasteiger partial charge in [0.15, 0.2) is 5.75 Å². The normalized spacial score (nSPS) is 21.8. The number of hydrogen-bond donors (Lipinski definition) is 0. The fourth-order valence-electron chi connectivity index (χ4n) is 2.91. The Morgan fingerprint density at radius 2 is 2.12 bits per heavy atom. The summed E-state index contributed by atoms with van der Waals surface area (Å²) in [6.07, 6.45) is 2.08. The molecule has 7 nitrogen and oxygen atoms in total. The average molecular weight is 327 g/mol. The van der Waals surface area contributed by atoms with Crippen molar-refractivity contribution in [2.75, 3.05) is 13.7 Å². The zero-order valence-corrected chi connectivity index (χ0v) is 13.4. The number of carbonyl (C=O) groups excluding carboxylic acids is 1. The third-order valence-corrected chi connectivity index (χ3v) is 4.39. The molecule has 3 rings (SSSR count). The third-order valence-electron chi connectivity index (χ3n) is 4.39. The fraction of sp³-hybridized carbons (Fsp3) is 0.353. The SMILES string of the molecule is COc1ncc(OC[C@@]2(c3ccccc3)C[C@H]2C(=O)N=O)c(C)n1. The number of ether oxygens (including phenoxy) is 2. The quantitative estimate of drug-likeness (QED) is 0.757. The van der Waals surface area contributed by atoms with Crippen molar-refractivity contribution >= 4 is 5.91 Å². The molecule has 1 heterocycles. The lowest BCUT2D eigenvalue weighted by Gasteiger charge is -2.18. The largest absolute Gasteiger partial charge is 0.489 e. The van der Waals surface area contributed by atoms with Crippen LogP contribution in [0.4, 0.5) is 0 Å². The van der Waals surface area contributed by atoms with Crippen molar-refractivity contribution in [3.05, 3.63) is 52.7 Å². The first-order valence-electron chi connectivity index (χ1n) is 7.54. The Balaban J connectivity index is 1.82. The number of aromatic nitrogens is 2. The lowest BCUT2D eigenvalue weighted by Crippen LogP contribution is -2.23. The van der Waals surface area contributed by atoms with Gasteiger partial charge in [0, 0.05) is 10.6 Å². The molecule has 1 aromatic heterocycles. The standard InChI is InChI=1S/C17H17N3O4/c1-11-14(9-18-16(19-11)23-2)24-10-17(8-13(17)15(21)20-22)12-6-4-3-5-7-12/h3-7,9,13H,8,10H2,1-2H3/t13-,17+/m0/s1. The van der Waals surface area contributed by atoms with Crippen molar-refractivity contribution in [3.8, 4) is 11.8 Å². The minimum Gasteiger partial charge on any atom is -0.489 e. The van der Waals surface area contributed by atoms with Crippen LogP contribution in [0, 0.1) is 17.7 Å². The van der Waals surface area contributed by atoms with E-state index in [2.05, 4.69) is 15.1 Å². The van der Waals surface area contributed by atoms with Crippen LogP contribution in [-0.4, -0.2) is 29.6 Å². The summed E-state index contributed by atoms with van der Waals surface area (Å²) in [6, 6.07) is 9.82. The Labute approximate surface area is 139 Å². The topological polar surface area (TPSA) is 90.7 Å². The number of benzene rings is 1. The molecule has 24 heavy (non-hydrogen) atoms. The summed E-state index contributed by atoms with van der Waals surface area (Å²) >= 11 is 0. The predicted octanol–water partition coefficient (Wildman–Crippen LogP) is 2.42. The van der Waals surface area contributed by atoms with E-state index in [4.69, 9.17) is 9.47 Å². The highest BCUT2D eigenvalue weighted by Crippen LogP contribution is 2.55. The second kappa shape index (κ2) is 6.35. The molecule has 2 atom stereocenters. The first-order chi connectivity index (χ1) is 11.6. The van der Waals surface area contributed by atoms with Gasteiger partial charge in [-0.25, -0.2) is 0 Å². The number of nitroso groups, excluding NO2 is 1. The first-order valence-corrected chi connectivity index (χ1v) is 7.54. The van der Waals surface area contributed by atoms with Gasteiger partial charge in [0.05, 0.1) is 31.5 Å². The highest BCUT2D eigenvalue weighted by atomic mass is 16.5. The fourth-order valence-corrected chi connectivity index (χ4v) is 2.91. The van der Waals surface area contributed by atoms with Gasteiger partial charge >= 0.3 is 6.01 Å². The summed E-state index contributed by atoms with van der Waals surface area (Å²) in [5.74, 6) is -0.565. The van der Waals surface area contributed by atoms with Crippen molar-refractivity contribution in [2.45, 2.75) is 18.8 Å². The highest BCUT2D eigenvalue weighted by Gasteiger charge is 2.60. The van der Waals surface area contributed by atoms with Crippen LogP contribution in [0.5, 0.6) is 11.8 Å². The second-order valence-corrected chi connectivity index (χ2v) is 5.80. The summed E-state index contributed by atoms with van der Waals surface area (Å²) in [6.45, 7) is 2.04. The minimum atomic E-state index is -0.634. The van der Waals surface area contributed by atoms with E-state index in [0.717, 1.165) is 5.56 Å². The van der Waals surface area contributed by atoms with Gasteiger partial charge in [-0.3, -0.25) is 4.79 Å². The van der Waals surface area contributed by atoms with Crippen molar-refractivity contribution in [3.63, 3.8) is 0 Å². The van der Waals surface area contributed by atoms with Gasteiger partial charge in [-0.05, 0) is 18.9 Å². The Bertz CT molecular complexity index is 766. The van der Waals surface area contributed by atoms with Crippen LogP contribution < -0.4 is 9.47 Å². The molecule has 1 aliphatic rings. The van der Waals surface area contributed by atoms with E-state index in [1.165, 1.54) is 13.3 Å². The van der Waals surface area contributed by atoms with E-state index in [0.29, 0.717) is 17.9 Å². The number of rotatable bonds is 6. The summed E-state index contributed by atoms with van der Waals surface area (Å²) in [4.78, 5) is 30.6. The molecular formula is C17H17N3O4. The monoisotopic (exact) mass is 327 g/mol. The summed E-state index contributed by atoms with van der Waals surface area (Å²) < 4.78 is 10.8. The van der Waals surface area contributed by atoms with Crippen LogP contribution >= 0.6 is 0 Å². The predicted molar refractivity (Wildman–Crippen MR) is 85.8 cm³/mol.